The van der Waals surface area contributed by atoms with Crippen molar-refractivity contribution in [2.75, 3.05) is 6.54 Å². The van der Waals surface area contributed by atoms with Crippen molar-refractivity contribution >= 4 is 0 Å². The molecule has 0 saturated heterocycles. The molecule has 118 valence electrons. The van der Waals surface area contributed by atoms with Gasteiger partial charge in [0.15, 0.2) is 0 Å². The van der Waals surface area contributed by atoms with Gasteiger partial charge in [0.1, 0.15) is 11.6 Å². The van der Waals surface area contributed by atoms with Crippen LogP contribution in [0.5, 0.6) is 0 Å². The van der Waals surface area contributed by atoms with Gasteiger partial charge in [0.2, 0.25) is 0 Å². The normalized spacial score (nSPS) is 24.0. The Hall–Kier alpha value is -0.960. The fraction of sp³-hybridized carbons (Fsp3) is 0.667. The highest BCUT2D eigenvalue weighted by atomic mass is 19.1. The first kappa shape index (κ1) is 16.4. The minimum atomic E-state index is -0.477. The van der Waals surface area contributed by atoms with Crippen molar-refractivity contribution in [1.82, 2.24) is 5.32 Å². The number of benzene rings is 1. The summed E-state index contributed by atoms with van der Waals surface area (Å²) in [6, 6.07) is 4.20. The molecule has 0 radical (unpaired) electrons. The van der Waals surface area contributed by atoms with E-state index in [9.17, 15) is 8.78 Å². The molecule has 3 heteroatoms. The Morgan fingerprint density at radius 1 is 1.14 bits per heavy atom. The van der Waals surface area contributed by atoms with Crippen LogP contribution in [0.15, 0.2) is 18.2 Å². The third-order valence-electron chi connectivity index (χ3n) is 4.81. The molecule has 0 heterocycles. The van der Waals surface area contributed by atoms with Crippen LogP contribution in [-0.2, 0) is 6.42 Å². The summed E-state index contributed by atoms with van der Waals surface area (Å²) >= 11 is 0. The lowest BCUT2D eigenvalue weighted by molar-refractivity contribution is 0.208. The molecule has 0 amide bonds. The van der Waals surface area contributed by atoms with E-state index in [0.29, 0.717) is 18.4 Å². The summed E-state index contributed by atoms with van der Waals surface area (Å²) in [6.07, 6.45) is 7.04. The fourth-order valence-electron chi connectivity index (χ4n) is 3.72. The lowest BCUT2D eigenvalue weighted by Gasteiger charge is -2.35. The molecule has 1 N–H and O–H groups in total. The summed E-state index contributed by atoms with van der Waals surface area (Å²) in [7, 11) is 0. The molecule has 1 aromatic rings. The van der Waals surface area contributed by atoms with E-state index in [-0.39, 0.29) is 0 Å². The minimum Gasteiger partial charge on any atom is -0.314 e. The van der Waals surface area contributed by atoms with Gasteiger partial charge in [0, 0.05) is 12.1 Å². The first-order valence-corrected chi connectivity index (χ1v) is 8.30. The third kappa shape index (κ3) is 4.77. The van der Waals surface area contributed by atoms with Gasteiger partial charge in [-0.05, 0) is 55.3 Å². The number of rotatable bonds is 6. The molecule has 1 aliphatic rings. The Balaban J connectivity index is 2.07. The third-order valence-corrected chi connectivity index (χ3v) is 4.81. The zero-order chi connectivity index (χ0) is 15.2. The molecule has 1 saturated carbocycles. The second-order valence-corrected chi connectivity index (χ2v) is 6.35. The summed E-state index contributed by atoms with van der Waals surface area (Å²) in [4.78, 5) is 0. The van der Waals surface area contributed by atoms with Crippen LogP contribution in [0.3, 0.4) is 0 Å². The van der Waals surface area contributed by atoms with Gasteiger partial charge in [0.25, 0.3) is 0 Å². The second kappa shape index (κ2) is 7.88. The maximum Gasteiger partial charge on any atom is 0.126 e. The molecule has 1 aromatic carbocycles. The van der Waals surface area contributed by atoms with Gasteiger partial charge in [-0.3, -0.25) is 0 Å². The zero-order valence-electron chi connectivity index (χ0n) is 13.2. The molecule has 0 aliphatic heterocycles. The van der Waals surface area contributed by atoms with Gasteiger partial charge in [-0.2, -0.15) is 0 Å². The van der Waals surface area contributed by atoms with Crippen LogP contribution in [0.1, 0.15) is 51.5 Å². The molecular formula is C18H27F2N. The van der Waals surface area contributed by atoms with Gasteiger partial charge < -0.3 is 5.32 Å². The molecule has 0 bridgehead atoms. The first-order chi connectivity index (χ1) is 10.1. The summed E-state index contributed by atoms with van der Waals surface area (Å²) in [5.74, 6) is 0.481. The number of halogens is 2. The van der Waals surface area contributed by atoms with Crippen molar-refractivity contribution < 1.29 is 8.78 Å². The van der Waals surface area contributed by atoms with Gasteiger partial charge in [-0.1, -0.05) is 33.1 Å². The summed E-state index contributed by atoms with van der Waals surface area (Å²) in [6.45, 7) is 5.26. The number of hydrogen-bond acceptors (Lipinski definition) is 1. The van der Waals surface area contributed by atoms with E-state index >= 15 is 0 Å². The molecule has 3 unspecified atom stereocenters. The fourth-order valence-corrected chi connectivity index (χ4v) is 3.72. The van der Waals surface area contributed by atoms with Crippen molar-refractivity contribution in [2.45, 2.75) is 58.4 Å². The summed E-state index contributed by atoms with van der Waals surface area (Å²) < 4.78 is 26.7. The van der Waals surface area contributed by atoms with Crippen LogP contribution < -0.4 is 5.32 Å². The van der Waals surface area contributed by atoms with E-state index in [1.807, 2.05) is 0 Å². The van der Waals surface area contributed by atoms with E-state index in [4.69, 9.17) is 0 Å². The maximum absolute atomic E-state index is 13.4. The van der Waals surface area contributed by atoms with Crippen LogP contribution in [0, 0.1) is 23.5 Å². The van der Waals surface area contributed by atoms with Gasteiger partial charge in [-0.15, -0.1) is 0 Å². The Bertz CT molecular complexity index is 427. The van der Waals surface area contributed by atoms with Crippen molar-refractivity contribution in [3.8, 4) is 0 Å². The lowest BCUT2D eigenvalue weighted by Crippen LogP contribution is -2.40. The maximum atomic E-state index is 13.4. The van der Waals surface area contributed by atoms with Crippen LogP contribution in [-0.4, -0.2) is 12.6 Å². The molecule has 21 heavy (non-hydrogen) atoms. The van der Waals surface area contributed by atoms with Crippen LogP contribution in [0.25, 0.3) is 0 Å². The average molecular weight is 295 g/mol. The molecular weight excluding hydrogens is 268 g/mol. The monoisotopic (exact) mass is 295 g/mol. The Morgan fingerprint density at radius 3 is 2.48 bits per heavy atom. The van der Waals surface area contributed by atoms with Gasteiger partial charge in [0.05, 0.1) is 0 Å². The highest BCUT2D eigenvalue weighted by Gasteiger charge is 2.27. The van der Waals surface area contributed by atoms with Crippen molar-refractivity contribution in [3.63, 3.8) is 0 Å². The predicted octanol–water partition coefficient (Wildman–Crippen LogP) is 4.70. The first-order valence-electron chi connectivity index (χ1n) is 8.30. The van der Waals surface area contributed by atoms with E-state index in [1.165, 1.54) is 44.2 Å². The Labute approximate surface area is 127 Å². The Kier molecular flexibility index (Phi) is 6.16. The number of nitrogens with one attached hydrogen (secondary N) is 1. The van der Waals surface area contributed by atoms with E-state index in [2.05, 4.69) is 19.2 Å². The molecule has 1 fully saturated rings. The topological polar surface area (TPSA) is 12.0 Å². The molecule has 1 nitrogen and oxygen atoms in total. The standard InChI is InChI=1S/C18H27F2N/c1-3-13-6-5-7-15(8-13)18(21-4-2)11-14-9-16(19)12-17(20)10-14/h9-10,12-13,15,18,21H,3-8,11H2,1-2H3. The van der Waals surface area contributed by atoms with Crippen LogP contribution in [0.4, 0.5) is 8.78 Å². The van der Waals surface area contributed by atoms with Crippen LogP contribution >= 0.6 is 0 Å². The molecule has 1 aliphatic carbocycles. The molecule has 3 atom stereocenters. The molecule has 0 spiro atoms. The minimum absolute atomic E-state index is 0.325. The van der Waals surface area contributed by atoms with Gasteiger partial charge >= 0.3 is 0 Å². The Morgan fingerprint density at radius 2 is 1.86 bits per heavy atom. The lowest BCUT2D eigenvalue weighted by atomic mass is 9.75. The number of hydrogen-bond donors (Lipinski definition) is 1. The average Bonchev–Trinajstić information content (AvgIpc) is 2.46. The number of likely N-dealkylation sites (N-methyl/N-ethyl adjacent to an activating group) is 1. The molecule has 2 rings (SSSR count). The van der Waals surface area contributed by atoms with Gasteiger partial charge in [-0.25, -0.2) is 8.78 Å². The zero-order valence-corrected chi connectivity index (χ0v) is 13.2. The van der Waals surface area contributed by atoms with Crippen molar-refractivity contribution in [1.29, 1.82) is 0 Å². The highest BCUT2D eigenvalue weighted by Crippen LogP contribution is 2.34. The quantitative estimate of drug-likeness (QED) is 0.802. The van der Waals surface area contributed by atoms with Crippen molar-refractivity contribution in [3.05, 3.63) is 35.4 Å². The molecule has 0 aromatic heterocycles. The predicted molar refractivity (Wildman–Crippen MR) is 83.3 cm³/mol. The van der Waals surface area contributed by atoms with E-state index in [0.717, 1.165) is 24.1 Å². The van der Waals surface area contributed by atoms with Crippen molar-refractivity contribution in [2.24, 2.45) is 11.8 Å². The smallest absolute Gasteiger partial charge is 0.126 e. The van der Waals surface area contributed by atoms with E-state index < -0.39 is 11.6 Å². The summed E-state index contributed by atoms with van der Waals surface area (Å²) in [5.41, 5.74) is 0.761. The summed E-state index contributed by atoms with van der Waals surface area (Å²) in [5, 5.41) is 3.54. The van der Waals surface area contributed by atoms with Crippen LogP contribution in [0.2, 0.25) is 0 Å². The van der Waals surface area contributed by atoms with E-state index in [1.54, 1.807) is 0 Å². The highest BCUT2D eigenvalue weighted by molar-refractivity contribution is 5.19. The second-order valence-electron chi connectivity index (χ2n) is 6.35. The largest absolute Gasteiger partial charge is 0.314 e. The SMILES string of the molecule is CCNC(Cc1cc(F)cc(F)c1)C1CCCC(CC)C1.